The summed E-state index contributed by atoms with van der Waals surface area (Å²) >= 11 is 0. The zero-order valence-corrected chi connectivity index (χ0v) is 12.9. The molecule has 108 valence electrons. The Bertz CT molecular complexity index is 215. The van der Waals surface area contributed by atoms with E-state index >= 15 is 0 Å². The SMILES string of the molecule is CC(C)CCCCNC(C)C(=O)NCCC(C)C. The minimum atomic E-state index is -0.0730. The van der Waals surface area contributed by atoms with Gasteiger partial charge in [-0.15, -0.1) is 0 Å². The number of carbonyl (C=O) groups is 1. The highest BCUT2D eigenvalue weighted by molar-refractivity contribution is 5.81. The van der Waals surface area contributed by atoms with Crippen LogP contribution in [0.1, 0.15) is 60.3 Å². The van der Waals surface area contributed by atoms with Crippen molar-refractivity contribution in [2.24, 2.45) is 11.8 Å². The van der Waals surface area contributed by atoms with Gasteiger partial charge in [0.2, 0.25) is 5.91 Å². The highest BCUT2D eigenvalue weighted by atomic mass is 16.2. The molecule has 0 bridgehead atoms. The zero-order chi connectivity index (χ0) is 14.0. The highest BCUT2D eigenvalue weighted by Gasteiger charge is 2.10. The standard InChI is InChI=1S/C15H32N2O/c1-12(2)8-6-7-10-16-14(5)15(18)17-11-9-13(3)4/h12-14,16H,6-11H2,1-5H3,(H,17,18). The van der Waals surface area contributed by atoms with Gasteiger partial charge in [0.1, 0.15) is 0 Å². The summed E-state index contributed by atoms with van der Waals surface area (Å²) in [5.74, 6) is 1.55. The topological polar surface area (TPSA) is 41.1 Å². The van der Waals surface area contributed by atoms with E-state index in [1.54, 1.807) is 0 Å². The lowest BCUT2D eigenvalue weighted by Crippen LogP contribution is -2.42. The third-order valence-electron chi connectivity index (χ3n) is 3.07. The maximum atomic E-state index is 11.7. The molecule has 3 nitrogen and oxygen atoms in total. The molecule has 0 aromatic rings. The van der Waals surface area contributed by atoms with Crippen LogP contribution in [-0.4, -0.2) is 25.0 Å². The van der Waals surface area contributed by atoms with Gasteiger partial charge in [-0.25, -0.2) is 0 Å². The van der Waals surface area contributed by atoms with E-state index in [4.69, 9.17) is 0 Å². The molecule has 1 atom stereocenters. The number of carbonyl (C=O) groups excluding carboxylic acids is 1. The molecule has 0 aliphatic rings. The molecule has 2 N–H and O–H groups in total. The Hall–Kier alpha value is -0.570. The smallest absolute Gasteiger partial charge is 0.236 e. The minimum absolute atomic E-state index is 0.0730. The Morgan fingerprint density at radius 3 is 2.06 bits per heavy atom. The van der Waals surface area contributed by atoms with Gasteiger partial charge in [-0.05, 0) is 38.1 Å². The second-order valence-corrected chi connectivity index (χ2v) is 6.04. The van der Waals surface area contributed by atoms with Crippen LogP contribution in [0.2, 0.25) is 0 Å². The summed E-state index contributed by atoms with van der Waals surface area (Å²) in [4.78, 5) is 11.7. The second-order valence-electron chi connectivity index (χ2n) is 6.04. The number of hydrogen-bond donors (Lipinski definition) is 2. The van der Waals surface area contributed by atoms with Crippen LogP contribution in [0, 0.1) is 11.8 Å². The molecule has 0 fully saturated rings. The summed E-state index contributed by atoms with van der Waals surface area (Å²) in [5.41, 5.74) is 0. The lowest BCUT2D eigenvalue weighted by Gasteiger charge is -2.14. The summed E-state index contributed by atoms with van der Waals surface area (Å²) in [6.07, 6.45) is 4.72. The molecular formula is C15H32N2O. The third kappa shape index (κ3) is 10.6. The van der Waals surface area contributed by atoms with E-state index < -0.39 is 0 Å². The molecule has 0 spiro atoms. The Balaban J connectivity index is 3.50. The van der Waals surface area contributed by atoms with Gasteiger partial charge in [-0.3, -0.25) is 4.79 Å². The molecule has 1 unspecified atom stereocenters. The van der Waals surface area contributed by atoms with Crippen molar-refractivity contribution in [1.29, 1.82) is 0 Å². The number of hydrogen-bond acceptors (Lipinski definition) is 2. The maximum absolute atomic E-state index is 11.7. The van der Waals surface area contributed by atoms with Crippen LogP contribution in [0.15, 0.2) is 0 Å². The van der Waals surface area contributed by atoms with E-state index in [1.807, 2.05) is 6.92 Å². The van der Waals surface area contributed by atoms with Gasteiger partial charge in [0.25, 0.3) is 0 Å². The first-order valence-corrected chi connectivity index (χ1v) is 7.44. The molecule has 0 aliphatic heterocycles. The first-order valence-electron chi connectivity index (χ1n) is 7.44. The van der Waals surface area contributed by atoms with Crippen molar-refractivity contribution < 1.29 is 4.79 Å². The molecule has 1 amide bonds. The third-order valence-corrected chi connectivity index (χ3v) is 3.07. The van der Waals surface area contributed by atoms with E-state index in [9.17, 15) is 4.79 Å². The molecule has 0 saturated heterocycles. The molecule has 0 aromatic carbocycles. The summed E-state index contributed by atoms with van der Waals surface area (Å²) in [7, 11) is 0. The van der Waals surface area contributed by atoms with Gasteiger partial charge in [0, 0.05) is 6.54 Å². The average molecular weight is 256 g/mol. The lowest BCUT2D eigenvalue weighted by molar-refractivity contribution is -0.122. The molecule has 3 heteroatoms. The Kier molecular flexibility index (Phi) is 10.0. The van der Waals surface area contributed by atoms with Crippen LogP contribution in [-0.2, 0) is 4.79 Å². The van der Waals surface area contributed by atoms with Crippen molar-refractivity contribution in [3.8, 4) is 0 Å². The molecule has 0 heterocycles. The Morgan fingerprint density at radius 2 is 1.50 bits per heavy atom. The van der Waals surface area contributed by atoms with Crippen molar-refractivity contribution in [2.45, 2.75) is 66.3 Å². The Morgan fingerprint density at radius 1 is 0.889 bits per heavy atom. The fourth-order valence-electron chi connectivity index (χ4n) is 1.73. The largest absolute Gasteiger partial charge is 0.355 e. The molecule has 0 aliphatic carbocycles. The van der Waals surface area contributed by atoms with Crippen molar-refractivity contribution in [3.63, 3.8) is 0 Å². The van der Waals surface area contributed by atoms with Crippen LogP contribution in [0.4, 0.5) is 0 Å². The molecule has 0 saturated carbocycles. The quantitative estimate of drug-likeness (QED) is 0.590. The summed E-state index contributed by atoms with van der Waals surface area (Å²) in [5, 5.41) is 6.25. The van der Waals surface area contributed by atoms with Crippen LogP contribution in [0.25, 0.3) is 0 Å². The van der Waals surface area contributed by atoms with E-state index in [2.05, 4.69) is 38.3 Å². The first-order chi connectivity index (χ1) is 8.43. The van der Waals surface area contributed by atoms with Crippen molar-refractivity contribution in [1.82, 2.24) is 10.6 Å². The van der Waals surface area contributed by atoms with E-state index in [-0.39, 0.29) is 11.9 Å². The second kappa shape index (κ2) is 10.4. The lowest BCUT2D eigenvalue weighted by atomic mass is 10.1. The first kappa shape index (κ1) is 17.4. The Labute approximate surface area is 113 Å². The van der Waals surface area contributed by atoms with E-state index in [1.165, 1.54) is 12.8 Å². The van der Waals surface area contributed by atoms with Gasteiger partial charge in [0.05, 0.1) is 6.04 Å². The number of nitrogens with one attached hydrogen (secondary N) is 2. The predicted octanol–water partition coefficient (Wildman–Crippen LogP) is 2.95. The number of unbranched alkanes of at least 4 members (excludes halogenated alkanes) is 1. The fourth-order valence-corrected chi connectivity index (χ4v) is 1.73. The average Bonchev–Trinajstić information content (AvgIpc) is 2.27. The monoisotopic (exact) mass is 256 g/mol. The van der Waals surface area contributed by atoms with Crippen molar-refractivity contribution in [3.05, 3.63) is 0 Å². The summed E-state index contributed by atoms with van der Waals surface area (Å²) in [6, 6.07) is -0.0730. The predicted molar refractivity (Wildman–Crippen MR) is 78.6 cm³/mol. The van der Waals surface area contributed by atoms with Crippen LogP contribution in [0.5, 0.6) is 0 Å². The summed E-state index contributed by atoms with van der Waals surface area (Å²) < 4.78 is 0. The maximum Gasteiger partial charge on any atom is 0.236 e. The van der Waals surface area contributed by atoms with Crippen LogP contribution < -0.4 is 10.6 Å². The van der Waals surface area contributed by atoms with E-state index in [0.29, 0.717) is 5.92 Å². The van der Waals surface area contributed by atoms with Crippen molar-refractivity contribution in [2.75, 3.05) is 13.1 Å². The fraction of sp³-hybridized carbons (Fsp3) is 0.933. The van der Waals surface area contributed by atoms with Gasteiger partial charge < -0.3 is 10.6 Å². The number of amides is 1. The summed E-state index contributed by atoms with van der Waals surface area (Å²) in [6.45, 7) is 12.5. The number of rotatable bonds is 10. The molecule has 0 radical (unpaired) electrons. The molecular weight excluding hydrogens is 224 g/mol. The van der Waals surface area contributed by atoms with Gasteiger partial charge >= 0.3 is 0 Å². The van der Waals surface area contributed by atoms with Crippen molar-refractivity contribution >= 4 is 5.91 Å². The van der Waals surface area contributed by atoms with Gasteiger partial charge in [-0.1, -0.05) is 40.5 Å². The van der Waals surface area contributed by atoms with Crippen LogP contribution in [0.3, 0.4) is 0 Å². The minimum Gasteiger partial charge on any atom is -0.355 e. The van der Waals surface area contributed by atoms with E-state index in [0.717, 1.165) is 31.8 Å². The molecule has 0 rings (SSSR count). The highest BCUT2D eigenvalue weighted by Crippen LogP contribution is 2.05. The molecule has 0 aromatic heterocycles. The van der Waals surface area contributed by atoms with Gasteiger partial charge in [0.15, 0.2) is 0 Å². The van der Waals surface area contributed by atoms with Crippen LogP contribution >= 0.6 is 0 Å². The normalized spacial score (nSPS) is 13.1. The molecule has 18 heavy (non-hydrogen) atoms. The van der Waals surface area contributed by atoms with Gasteiger partial charge in [-0.2, -0.15) is 0 Å². The zero-order valence-electron chi connectivity index (χ0n) is 12.9.